The van der Waals surface area contributed by atoms with Gasteiger partial charge in [0.1, 0.15) is 0 Å². The van der Waals surface area contributed by atoms with Crippen LogP contribution >= 0.6 is 0 Å². The zero-order valence-electron chi connectivity index (χ0n) is 12.7. The maximum Gasteiger partial charge on any atom is 0.303 e. The molecule has 1 heterocycles. The van der Waals surface area contributed by atoms with Crippen LogP contribution in [0.25, 0.3) is 0 Å². The van der Waals surface area contributed by atoms with Crippen molar-refractivity contribution < 1.29 is 14.7 Å². The molecule has 1 aromatic rings. The molecule has 0 saturated heterocycles. The van der Waals surface area contributed by atoms with Crippen molar-refractivity contribution in [2.75, 3.05) is 6.54 Å². The number of carboxylic acids is 1. The second-order valence-electron chi connectivity index (χ2n) is 5.75. The summed E-state index contributed by atoms with van der Waals surface area (Å²) in [6, 6.07) is 3.78. The highest BCUT2D eigenvalue weighted by atomic mass is 16.4. The normalized spacial score (nSPS) is 12.1. The molecule has 0 fully saturated rings. The molecule has 0 aliphatic rings. The van der Waals surface area contributed by atoms with Crippen LogP contribution in [0.2, 0.25) is 0 Å². The van der Waals surface area contributed by atoms with Gasteiger partial charge < -0.3 is 10.4 Å². The van der Waals surface area contributed by atoms with Crippen LogP contribution in [0.1, 0.15) is 38.7 Å². The number of carbonyl (C=O) groups is 2. The third-order valence-corrected chi connectivity index (χ3v) is 3.25. The third kappa shape index (κ3) is 8.07. The van der Waals surface area contributed by atoms with Gasteiger partial charge in [-0.3, -0.25) is 14.6 Å². The second kappa shape index (κ2) is 9.10. The Morgan fingerprint density at radius 1 is 1.29 bits per heavy atom. The molecule has 0 aliphatic heterocycles. The number of hydrogen-bond acceptors (Lipinski definition) is 3. The molecule has 5 heteroatoms. The standard InChI is InChI=1S/C16H24N2O3/c1-12(2)9-14(10-16(20)21)11-18-15(19)4-3-13-5-7-17-8-6-13/h5-8,12,14H,3-4,9-11H2,1-2H3,(H,18,19)(H,20,21). The van der Waals surface area contributed by atoms with Crippen molar-refractivity contribution in [2.45, 2.75) is 39.5 Å². The van der Waals surface area contributed by atoms with Crippen LogP contribution in [0.15, 0.2) is 24.5 Å². The van der Waals surface area contributed by atoms with Gasteiger partial charge in [-0.2, -0.15) is 0 Å². The zero-order valence-corrected chi connectivity index (χ0v) is 12.7. The molecule has 0 aliphatic carbocycles. The van der Waals surface area contributed by atoms with Crippen molar-refractivity contribution in [3.05, 3.63) is 30.1 Å². The molecule has 116 valence electrons. The van der Waals surface area contributed by atoms with Crippen LogP contribution in [-0.2, 0) is 16.0 Å². The Morgan fingerprint density at radius 3 is 2.52 bits per heavy atom. The van der Waals surface area contributed by atoms with Gasteiger partial charge in [-0.1, -0.05) is 13.8 Å². The number of rotatable bonds is 9. The van der Waals surface area contributed by atoms with Crippen molar-refractivity contribution >= 4 is 11.9 Å². The summed E-state index contributed by atoms with van der Waals surface area (Å²) in [4.78, 5) is 26.6. The first kappa shape index (κ1) is 17.1. The van der Waals surface area contributed by atoms with Crippen molar-refractivity contribution in [1.29, 1.82) is 0 Å². The highest BCUT2D eigenvalue weighted by Gasteiger charge is 2.16. The van der Waals surface area contributed by atoms with E-state index >= 15 is 0 Å². The number of aliphatic carboxylic acids is 1. The van der Waals surface area contributed by atoms with Crippen molar-refractivity contribution in [3.8, 4) is 0 Å². The van der Waals surface area contributed by atoms with Gasteiger partial charge in [-0.05, 0) is 42.4 Å². The second-order valence-corrected chi connectivity index (χ2v) is 5.75. The largest absolute Gasteiger partial charge is 0.481 e. The molecular weight excluding hydrogens is 268 g/mol. The first-order valence-corrected chi connectivity index (χ1v) is 7.34. The molecule has 1 rings (SSSR count). The summed E-state index contributed by atoms with van der Waals surface area (Å²) < 4.78 is 0. The topological polar surface area (TPSA) is 79.3 Å². The van der Waals surface area contributed by atoms with E-state index in [1.54, 1.807) is 12.4 Å². The van der Waals surface area contributed by atoms with E-state index in [9.17, 15) is 9.59 Å². The lowest BCUT2D eigenvalue weighted by Crippen LogP contribution is -2.31. The SMILES string of the molecule is CC(C)CC(CNC(=O)CCc1ccncc1)CC(=O)O. The van der Waals surface area contributed by atoms with Gasteiger partial charge in [0.2, 0.25) is 5.91 Å². The van der Waals surface area contributed by atoms with Crippen molar-refractivity contribution in [1.82, 2.24) is 10.3 Å². The summed E-state index contributed by atoms with van der Waals surface area (Å²) in [5.41, 5.74) is 1.07. The summed E-state index contributed by atoms with van der Waals surface area (Å²) in [6.07, 6.45) is 5.39. The minimum Gasteiger partial charge on any atom is -0.481 e. The maximum absolute atomic E-state index is 11.8. The molecule has 0 radical (unpaired) electrons. The quantitative estimate of drug-likeness (QED) is 0.731. The average Bonchev–Trinajstić information content (AvgIpc) is 2.42. The highest BCUT2D eigenvalue weighted by Crippen LogP contribution is 2.14. The molecule has 2 N–H and O–H groups in total. The van der Waals surface area contributed by atoms with Crippen LogP contribution in [0.4, 0.5) is 0 Å². The Hall–Kier alpha value is -1.91. The third-order valence-electron chi connectivity index (χ3n) is 3.25. The summed E-state index contributed by atoms with van der Waals surface area (Å²) >= 11 is 0. The van der Waals surface area contributed by atoms with E-state index in [0.717, 1.165) is 12.0 Å². The Balaban J connectivity index is 2.33. The molecule has 21 heavy (non-hydrogen) atoms. The van der Waals surface area contributed by atoms with Crippen molar-refractivity contribution in [2.24, 2.45) is 11.8 Å². The molecule has 1 amide bonds. The van der Waals surface area contributed by atoms with E-state index in [-0.39, 0.29) is 18.2 Å². The van der Waals surface area contributed by atoms with E-state index in [1.165, 1.54) is 0 Å². The average molecular weight is 292 g/mol. The monoisotopic (exact) mass is 292 g/mol. The Kier molecular flexibility index (Phi) is 7.43. The number of carbonyl (C=O) groups excluding carboxylic acids is 1. The number of aryl methyl sites for hydroxylation is 1. The number of pyridine rings is 1. The van der Waals surface area contributed by atoms with Gasteiger partial charge in [-0.15, -0.1) is 0 Å². The molecule has 0 bridgehead atoms. The number of nitrogens with zero attached hydrogens (tertiary/aromatic N) is 1. The van der Waals surface area contributed by atoms with E-state index in [0.29, 0.717) is 25.3 Å². The van der Waals surface area contributed by atoms with E-state index in [2.05, 4.69) is 24.1 Å². The lowest BCUT2D eigenvalue weighted by molar-refractivity contribution is -0.138. The van der Waals surface area contributed by atoms with E-state index in [4.69, 9.17) is 5.11 Å². The highest BCUT2D eigenvalue weighted by molar-refractivity contribution is 5.76. The van der Waals surface area contributed by atoms with Crippen LogP contribution in [0, 0.1) is 11.8 Å². The minimum atomic E-state index is -0.813. The van der Waals surface area contributed by atoms with Crippen LogP contribution in [-0.4, -0.2) is 28.5 Å². The van der Waals surface area contributed by atoms with Gasteiger partial charge in [0, 0.05) is 31.8 Å². The minimum absolute atomic E-state index is 0.00706. The fraction of sp³-hybridized carbons (Fsp3) is 0.562. The first-order chi connectivity index (χ1) is 9.97. The molecule has 0 aromatic carbocycles. The van der Waals surface area contributed by atoms with E-state index < -0.39 is 5.97 Å². The number of carboxylic acid groups (broad SMARTS) is 1. The molecule has 1 atom stereocenters. The van der Waals surface area contributed by atoms with Gasteiger partial charge in [0.15, 0.2) is 0 Å². The summed E-state index contributed by atoms with van der Waals surface area (Å²) in [5.74, 6) is -0.437. The first-order valence-electron chi connectivity index (χ1n) is 7.34. The zero-order chi connectivity index (χ0) is 15.7. The number of hydrogen-bond donors (Lipinski definition) is 2. The summed E-state index contributed by atoms with van der Waals surface area (Å²) in [7, 11) is 0. The predicted octanol–water partition coefficient (Wildman–Crippen LogP) is 2.27. The molecular formula is C16H24N2O3. The lowest BCUT2D eigenvalue weighted by atomic mass is 9.94. The number of nitrogens with one attached hydrogen (secondary N) is 1. The predicted molar refractivity (Wildman–Crippen MR) is 80.8 cm³/mol. The van der Waals surface area contributed by atoms with Gasteiger partial charge in [-0.25, -0.2) is 0 Å². The Bertz CT molecular complexity index is 446. The fourth-order valence-electron chi connectivity index (χ4n) is 2.31. The van der Waals surface area contributed by atoms with Crippen LogP contribution in [0.5, 0.6) is 0 Å². The number of aromatic nitrogens is 1. The molecule has 5 nitrogen and oxygen atoms in total. The molecule has 1 aromatic heterocycles. The van der Waals surface area contributed by atoms with Gasteiger partial charge >= 0.3 is 5.97 Å². The van der Waals surface area contributed by atoms with Gasteiger partial charge in [0.05, 0.1) is 0 Å². The lowest BCUT2D eigenvalue weighted by Gasteiger charge is -2.17. The summed E-state index contributed by atoms with van der Waals surface area (Å²) in [5, 5.41) is 11.7. The molecule has 0 spiro atoms. The summed E-state index contributed by atoms with van der Waals surface area (Å²) in [6.45, 7) is 4.54. The van der Waals surface area contributed by atoms with Crippen LogP contribution in [0.3, 0.4) is 0 Å². The van der Waals surface area contributed by atoms with E-state index in [1.807, 2.05) is 12.1 Å². The number of amides is 1. The van der Waals surface area contributed by atoms with Gasteiger partial charge in [0.25, 0.3) is 0 Å². The molecule has 0 saturated carbocycles. The Morgan fingerprint density at radius 2 is 1.95 bits per heavy atom. The van der Waals surface area contributed by atoms with Crippen LogP contribution < -0.4 is 5.32 Å². The van der Waals surface area contributed by atoms with Crippen molar-refractivity contribution in [3.63, 3.8) is 0 Å². The smallest absolute Gasteiger partial charge is 0.303 e. The maximum atomic E-state index is 11.8. The molecule has 1 unspecified atom stereocenters. The Labute approximate surface area is 125 Å². The fourth-order valence-corrected chi connectivity index (χ4v) is 2.31.